The van der Waals surface area contributed by atoms with Gasteiger partial charge in [-0.25, -0.2) is 9.29 Å². The summed E-state index contributed by atoms with van der Waals surface area (Å²) < 4.78 is 21.2. The van der Waals surface area contributed by atoms with Crippen LogP contribution in [0.4, 0.5) is 15.9 Å². The lowest BCUT2D eigenvalue weighted by molar-refractivity contribution is 0.365. The van der Waals surface area contributed by atoms with E-state index >= 15 is 0 Å². The molecule has 1 aliphatic rings. The van der Waals surface area contributed by atoms with Gasteiger partial charge in [0.25, 0.3) is 5.88 Å². The molecule has 172 valence electrons. The van der Waals surface area contributed by atoms with E-state index in [1.165, 1.54) is 38.5 Å². The summed E-state index contributed by atoms with van der Waals surface area (Å²) in [6.07, 6.45) is 5.33. The van der Waals surface area contributed by atoms with Crippen molar-refractivity contribution in [3.8, 4) is 5.88 Å². The van der Waals surface area contributed by atoms with Gasteiger partial charge in [0.15, 0.2) is 5.82 Å². The van der Waals surface area contributed by atoms with Crippen LogP contribution >= 0.6 is 23.5 Å². The van der Waals surface area contributed by atoms with Gasteiger partial charge in [-0.05, 0) is 56.7 Å². The fourth-order valence-corrected chi connectivity index (χ4v) is 4.91. The highest BCUT2D eigenvalue weighted by Crippen LogP contribution is 2.33. The molecule has 0 saturated carbocycles. The number of hydrogen-bond acceptors (Lipinski definition) is 6. The quantitative estimate of drug-likeness (QED) is 0.447. The van der Waals surface area contributed by atoms with Crippen LogP contribution in [0.25, 0.3) is 0 Å². The first-order valence-electron chi connectivity index (χ1n) is 10.8. The smallest absolute Gasteiger partial charge is 0.255 e. The van der Waals surface area contributed by atoms with Crippen molar-refractivity contribution in [3.05, 3.63) is 40.9 Å². The Hall–Kier alpha value is -1.57. The maximum Gasteiger partial charge on any atom is 0.255 e. The fourth-order valence-electron chi connectivity index (χ4n) is 3.33. The number of rotatable bonds is 7. The SMILES string of the molecule is CCC1CCC(C)N1SCC(C)C.COc1ncnc(Nc2ccc(C)cc2Cl)c1F. The first-order valence-corrected chi connectivity index (χ1v) is 12.1. The van der Waals surface area contributed by atoms with Crippen molar-refractivity contribution in [2.75, 3.05) is 18.2 Å². The first kappa shape index (κ1) is 25.7. The number of ether oxygens (including phenoxy) is 1. The van der Waals surface area contributed by atoms with Gasteiger partial charge >= 0.3 is 0 Å². The Kier molecular flexibility index (Phi) is 10.3. The predicted octanol–water partition coefficient (Wildman–Crippen LogP) is 6.88. The largest absolute Gasteiger partial charge is 0.479 e. The Balaban J connectivity index is 0.000000233. The van der Waals surface area contributed by atoms with E-state index in [-0.39, 0.29) is 11.7 Å². The molecule has 2 aromatic rings. The number of hydrogen-bond donors (Lipinski definition) is 1. The third-order valence-corrected chi connectivity index (χ3v) is 7.15. The summed E-state index contributed by atoms with van der Waals surface area (Å²) in [6, 6.07) is 7.05. The van der Waals surface area contributed by atoms with E-state index < -0.39 is 5.82 Å². The molecule has 3 rings (SSSR count). The van der Waals surface area contributed by atoms with Gasteiger partial charge in [0, 0.05) is 17.8 Å². The minimum atomic E-state index is -0.656. The summed E-state index contributed by atoms with van der Waals surface area (Å²) >= 11 is 8.11. The number of benzene rings is 1. The standard InChI is InChI=1S/C12H11ClFN3O.C11H23NS/c1-7-3-4-9(8(13)5-7)17-11-10(14)12(18-2)16-6-15-11;1-5-11-7-6-10(4)12(11)13-8-9(2)3/h3-6H,1-2H3,(H,15,16,17);9-11H,5-8H2,1-4H3. The number of methoxy groups -OCH3 is 1. The van der Waals surface area contributed by atoms with E-state index in [0.717, 1.165) is 23.6 Å². The van der Waals surface area contributed by atoms with Crippen molar-refractivity contribution in [2.24, 2.45) is 5.92 Å². The summed E-state index contributed by atoms with van der Waals surface area (Å²) in [7, 11) is 1.34. The maximum absolute atomic E-state index is 13.8. The predicted molar refractivity (Wildman–Crippen MR) is 130 cm³/mol. The molecule has 31 heavy (non-hydrogen) atoms. The van der Waals surface area contributed by atoms with Crippen molar-refractivity contribution >= 4 is 35.1 Å². The van der Waals surface area contributed by atoms with Crippen LogP contribution in [0.15, 0.2) is 24.5 Å². The van der Waals surface area contributed by atoms with Gasteiger partial charge in [-0.15, -0.1) is 0 Å². The number of nitrogens with one attached hydrogen (secondary N) is 1. The molecular weight excluding hydrogens is 435 g/mol. The molecule has 8 heteroatoms. The zero-order chi connectivity index (χ0) is 23.0. The molecule has 1 aliphatic heterocycles. The van der Waals surface area contributed by atoms with Crippen molar-refractivity contribution in [2.45, 2.75) is 66.0 Å². The summed E-state index contributed by atoms with van der Waals surface area (Å²) in [4.78, 5) is 7.46. The zero-order valence-corrected chi connectivity index (χ0v) is 20.9. The highest BCUT2D eigenvalue weighted by molar-refractivity contribution is 7.97. The average molecular weight is 469 g/mol. The van der Waals surface area contributed by atoms with Crippen LogP contribution in [-0.4, -0.2) is 39.2 Å². The average Bonchev–Trinajstić information content (AvgIpc) is 3.10. The van der Waals surface area contributed by atoms with E-state index in [0.29, 0.717) is 10.7 Å². The number of halogens is 2. The molecule has 2 heterocycles. The van der Waals surface area contributed by atoms with Gasteiger partial charge in [0.2, 0.25) is 5.82 Å². The number of aryl methyl sites for hydroxylation is 1. The van der Waals surface area contributed by atoms with E-state index in [2.05, 4.69) is 59.2 Å². The molecule has 5 nitrogen and oxygen atoms in total. The van der Waals surface area contributed by atoms with E-state index in [4.69, 9.17) is 16.3 Å². The van der Waals surface area contributed by atoms with Gasteiger partial charge in [0.1, 0.15) is 6.33 Å². The van der Waals surface area contributed by atoms with E-state index in [1.807, 2.05) is 13.0 Å². The van der Waals surface area contributed by atoms with Gasteiger partial charge in [-0.3, -0.25) is 0 Å². The minimum absolute atomic E-state index is 0.0209. The fraction of sp³-hybridized carbons (Fsp3) is 0.565. The second-order valence-electron chi connectivity index (χ2n) is 8.19. The Morgan fingerprint density at radius 3 is 2.68 bits per heavy atom. The van der Waals surface area contributed by atoms with Gasteiger partial charge in [0.05, 0.1) is 17.8 Å². The van der Waals surface area contributed by atoms with Crippen molar-refractivity contribution < 1.29 is 9.13 Å². The molecule has 1 fully saturated rings. The Morgan fingerprint density at radius 1 is 1.32 bits per heavy atom. The van der Waals surface area contributed by atoms with Crippen LogP contribution in [0.3, 0.4) is 0 Å². The van der Waals surface area contributed by atoms with Crippen LogP contribution < -0.4 is 10.1 Å². The maximum atomic E-state index is 13.8. The van der Waals surface area contributed by atoms with Crippen molar-refractivity contribution in [1.29, 1.82) is 0 Å². The molecule has 1 aromatic carbocycles. The highest BCUT2D eigenvalue weighted by atomic mass is 35.5. The van der Waals surface area contributed by atoms with Gasteiger partial charge in [-0.2, -0.15) is 9.37 Å². The molecule has 0 amide bonds. The molecule has 1 aromatic heterocycles. The molecular formula is C23H34ClFN4OS. The summed E-state index contributed by atoms with van der Waals surface area (Å²) in [5.74, 6) is 1.34. The molecule has 0 aliphatic carbocycles. The van der Waals surface area contributed by atoms with Crippen molar-refractivity contribution in [3.63, 3.8) is 0 Å². The number of anilines is 2. The van der Waals surface area contributed by atoms with Gasteiger partial charge < -0.3 is 10.1 Å². The minimum Gasteiger partial charge on any atom is -0.479 e. The number of nitrogens with zero attached hydrogens (tertiary/aromatic N) is 3. The molecule has 0 bridgehead atoms. The normalized spacial score (nSPS) is 18.6. The lowest BCUT2D eigenvalue weighted by Gasteiger charge is -2.26. The second kappa shape index (κ2) is 12.5. The molecule has 1 N–H and O–H groups in total. The Bertz CT molecular complexity index is 839. The monoisotopic (exact) mass is 468 g/mol. The highest BCUT2D eigenvalue weighted by Gasteiger charge is 2.29. The Labute approximate surface area is 195 Å². The van der Waals surface area contributed by atoms with Crippen LogP contribution in [0, 0.1) is 18.7 Å². The summed E-state index contributed by atoms with van der Waals surface area (Å²) in [5.41, 5.74) is 1.59. The third kappa shape index (κ3) is 7.51. The van der Waals surface area contributed by atoms with Gasteiger partial charge in [-0.1, -0.05) is 50.4 Å². The molecule has 0 spiro atoms. The summed E-state index contributed by atoms with van der Waals surface area (Å²) in [6.45, 7) is 11.2. The molecule has 0 radical (unpaired) electrons. The zero-order valence-electron chi connectivity index (χ0n) is 19.3. The van der Waals surface area contributed by atoms with Crippen LogP contribution in [0.1, 0.15) is 52.5 Å². The van der Waals surface area contributed by atoms with Crippen LogP contribution in [0.2, 0.25) is 5.02 Å². The number of aromatic nitrogens is 2. The second-order valence-corrected chi connectivity index (χ2v) is 9.61. The van der Waals surface area contributed by atoms with E-state index in [9.17, 15) is 4.39 Å². The first-order chi connectivity index (χ1) is 14.8. The van der Waals surface area contributed by atoms with Crippen LogP contribution in [0.5, 0.6) is 5.88 Å². The molecule has 2 unspecified atom stereocenters. The topological polar surface area (TPSA) is 50.3 Å². The lowest BCUT2D eigenvalue weighted by Crippen LogP contribution is -2.28. The van der Waals surface area contributed by atoms with Crippen molar-refractivity contribution in [1.82, 2.24) is 14.3 Å². The summed E-state index contributed by atoms with van der Waals surface area (Å²) in [5, 5.41) is 3.30. The Morgan fingerprint density at radius 2 is 2.06 bits per heavy atom. The van der Waals surface area contributed by atoms with E-state index in [1.54, 1.807) is 12.1 Å². The molecule has 1 saturated heterocycles. The lowest BCUT2D eigenvalue weighted by atomic mass is 10.2. The molecule has 2 atom stereocenters. The third-order valence-electron chi connectivity index (χ3n) is 5.07. The van der Waals surface area contributed by atoms with Crippen LogP contribution in [-0.2, 0) is 0 Å².